The van der Waals surface area contributed by atoms with Crippen molar-refractivity contribution in [3.8, 4) is 5.75 Å². The number of hydrogen-bond donors (Lipinski definition) is 2. The second kappa shape index (κ2) is 7.01. The van der Waals surface area contributed by atoms with Gasteiger partial charge in [-0.3, -0.25) is 4.99 Å². The van der Waals surface area contributed by atoms with E-state index in [2.05, 4.69) is 25.8 Å². The summed E-state index contributed by atoms with van der Waals surface area (Å²) in [4.78, 5) is 4.64. The van der Waals surface area contributed by atoms with Crippen LogP contribution in [0.25, 0.3) is 0 Å². The number of halogens is 1. The van der Waals surface area contributed by atoms with Crippen LogP contribution in [-0.4, -0.2) is 23.4 Å². The molecule has 0 aliphatic heterocycles. The minimum atomic E-state index is -0.143. The van der Waals surface area contributed by atoms with Crippen molar-refractivity contribution >= 4 is 17.8 Å². The Morgan fingerprint density at radius 2 is 2.00 bits per heavy atom. The zero-order valence-electron chi connectivity index (χ0n) is 13.8. The fourth-order valence-electron chi connectivity index (χ4n) is 2.97. The van der Waals surface area contributed by atoms with Crippen molar-refractivity contribution in [2.75, 3.05) is 0 Å². The van der Waals surface area contributed by atoms with Crippen LogP contribution in [0.5, 0.6) is 5.75 Å². The first-order chi connectivity index (χ1) is 10.3. The molecular weight excluding hydrogens is 296 g/mol. The average molecular weight is 323 g/mol. The molecule has 1 aliphatic rings. The van der Waals surface area contributed by atoms with Gasteiger partial charge in [-0.25, -0.2) is 0 Å². The van der Waals surface area contributed by atoms with Crippen molar-refractivity contribution in [2.45, 2.75) is 69.8 Å². The molecule has 122 valence electrons. The Balaban J connectivity index is 2.33. The molecule has 2 rings (SSSR count). The number of aromatic hydroxyl groups is 1. The minimum absolute atomic E-state index is 0.130. The molecule has 4 heteroatoms. The minimum Gasteiger partial charge on any atom is -0.507 e. The van der Waals surface area contributed by atoms with Gasteiger partial charge in [0.1, 0.15) is 5.75 Å². The molecule has 3 nitrogen and oxygen atoms in total. The van der Waals surface area contributed by atoms with Crippen molar-refractivity contribution in [1.82, 2.24) is 0 Å². The number of rotatable bonds is 3. The number of phenolic OH excluding ortho intramolecular Hbond substituents is 1. The highest BCUT2D eigenvalue weighted by Gasteiger charge is 2.22. The Morgan fingerprint density at radius 3 is 2.59 bits per heavy atom. The van der Waals surface area contributed by atoms with Gasteiger partial charge in [-0.05, 0) is 29.9 Å². The van der Waals surface area contributed by atoms with Gasteiger partial charge in [0.25, 0.3) is 0 Å². The molecule has 0 amide bonds. The molecule has 0 unspecified atom stereocenters. The molecule has 1 aliphatic carbocycles. The molecule has 1 fully saturated rings. The van der Waals surface area contributed by atoms with Crippen LogP contribution in [-0.2, 0) is 11.3 Å². The molecule has 1 aromatic rings. The standard InChI is InChI=1S/C18H27ClN2O/c1-18(2,3)14-9-12(10-19)8-13(17(14)22)11-21-16-7-5-4-6-15(16)20/h8-9,11,15-16,22H,4-7,10,20H2,1-3H3/t15-,16-/m1/s1. The summed E-state index contributed by atoms with van der Waals surface area (Å²) in [6, 6.07) is 4.18. The fraction of sp³-hybridized carbons (Fsp3) is 0.611. The summed E-state index contributed by atoms with van der Waals surface area (Å²) < 4.78 is 0. The highest BCUT2D eigenvalue weighted by Crippen LogP contribution is 2.34. The van der Waals surface area contributed by atoms with E-state index in [9.17, 15) is 5.11 Å². The second-order valence-corrected chi connectivity index (χ2v) is 7.53. The van der Waals surface area contributed by atoms with Crippen LogP contribution < -0.4 is 5.73 Å². The lowest BCUT2D eigenvalue weighted by Gasteiger charge is -2.25. The number of benzene rings is 1. The summed E-state index contributed by atoms with van der Waals surface area (Å²) in [6.45, 7) is 6.24. The Morgan fingerprint density at radius 1 is 1.32 bits per heavy atom. The van der Waals surface area contributed by atoms with E-state index >= 15 is 0 Å². The van der Waals surface area contributed by atoms with E-state index in [1.807, 2.05) is 12.1 Å². The van der Waals surface area contributed by atoms with Gasteiger partial charge < -0.3 is 10.8 Å². The van der Waals surface area contributed by atoms with Gasteiger partial charge in [0.05, 0.1) is 6.04 Å². The molecule has 0 aromatic heterocycles. The maximum Gasteiger partial charge on any atom is 0.128 e. The van der Waals surface area contributed by atoms with Crippen LogP contribution in [0.15, 0.2) is 17.1 Å². The van der Waals surface area contributed by atoms with Crippen molar-refractivity contribution in [1.29, 1.82) is 0 Å². The molecule has 1 saturated carbocycles. The summed E-state index contributed by atoms with van der Waals surface area (Å²) in [6.07, 6.45) is 6.20. The van der Waals surface area contributed by atoms with Crippen molar-refractivity contribution in [2.24, 2.45) is 10.7 Å². The average Bonchev–Trinajstić information content (AvgIpc) is 2.46. The lowest BCUT2D eigenvalue weighted by molar-refractivity contribution is 0.387. The lowest BCUT2D eigenvalue weighted by atomic mass is 9.84. The van der Waals surface area contributed by atoms with E-state index in [0.29, 0.717) is 11.6 Å². The molecule has 3 N–H and O–H groups in total. The van der Waals surface area contributed by atoms with E-state index in [1.165, 1.54) is 12.8 Å². The Kier molecular flexibility index (Phi) is 5.51. The zero-order chi connectivity index (χ0) is 16.3. The first-order valence-electron chi connectivity index (χ1n) is 8.04. The topological polar surface area (TPSA) is 58.6 Å². The quantitative estimate of drug-likeness (QED) is 0.649. The maximum atomic E-state index is 10.6. The van der Waals surface area contributed by atoms with Crippen LogP contribution >= 0.6 is 11.6 Å². The van der Waals surface area contributed by atoms with Crippen LogP contribution in [0, 0.1) is 0 Å². The SMILES string of the molecule is CC(C)(C)c1cc(CCl)cc(C=N[C@@H]2CCCC[C@H]2N)c1O. The van der Waals surface area contributed by atoms with Crippen LogP contribution in [0.3, 0.4) is 0 Å². The number of nitrogens with two attached hydrogens (primary N) is 1. The van der Waals surface area contributed by atoms with Gasteiger partial charge in [0, 0.05) is 29.3 Å². The van der Waals surface area contributed by atoms with Gasteiger partial charge in [0.2, 0.25) is 0 Å². The highest BCUT2D eigenvalue weighted by molar-refractivity contribution is 6.17. The van der Waals surface area contributed by atoms with E-state index in [1.54, 1.807) is 6.21 Å². The number of aliphatic imine (C=N–C) groups is 1. The fourth-order valence-corrected chi connectivity index (χ4v) is 3.12. The molecule has 2 atom stereocenters. The van der Waals surface area contributed by atoms with Crippen LogP contribution in [0.2, 0.25) is 0 Å². The Bertz CT molecular complexity index is 549. The molecule has 0 radical (unpaired) electrons. The summed E-state index contributed by atoms with van der Waals surface area (Å²) in [5.74, 6) is 0.724. The monoisotopic (exact) mass is 322 g/mol. The third-order valence-electron chi connectivity index (χ3n) is 4.35. The summed E-state index contributed by atoms with van der Waals surface area (Å²) in [5, 5.41) is 10.6. The number of nitrogens with zero attached hydrogens (tertiary/aromatic N) is 1. The molecule has 0 bridgehead atoms. The normalized spacial score (nSPS) is 23.1. The predicted molar refractivity (Wildman–Crippen MR) is 94.2 cm³/mol. The van der Waals surface area contributed by atoms with Gasteiger partial charge in [-0.1, -0.05) is 39.7 Å². The van der Waals surface area contributed by atoms with Crippen molar-refractivity contribution in [3.63, 3.8) is 0 Å². The molecule has 0 spiro atoms. The zero-order valence-corrected chi connectivity index (χ0v) is 14.5. The van der Waals surface area contributed by atoms with Gasteiger partial charge in [0.15, 0.2) is 0 Å². The summed E-state index contributed by atoms with van der Waals surface area (Å²) >= 11 is 6.00. The first-order valence-corrected chi connectivity index (χ1v) is 8.57. The largest absolute Gasteiger partial charge is 0.507 e. The Labute approximate surface area is 138 Å². The van der Waals surface area contributed by atoms with Gasteiger partial charge in [-0.2, -0.15) is 0 Å². The molecule has 0 saturated heterocycles. The van der Waals surface area contributed by atoms with Crippen molar-refractivity contribution < 1.29 is 5.11 Å². The number of hydrogen-bond acceptors (Lipinski definition) is 3. The van der Waals surface area contributed by atoms with Crippen LogP contribution in [0.4, 0.5) is 0 Å². The summed E-state index contributed by atoms with van der Waals surface area (Å²) in [7, 11) is 0. The molecule has 1 aromatic carbocycles. The third-order valence-corrected chi connectivity index (χ3v) is 4.66. The molecule has 22 heavy (non-hydrogen) atoms. The van der Waals surface area contributed by atoms with Gasteiger partial charge in [-0.15, -0.1) is 11.6 Å². The first kappa shape index (κ1) is 17.3. The predicted octanol–water partition coefficient (Wildman–Crippen LogP) is 4.12. The van der Waals surface area contributed by atoms with E-state index < -0.39 is 0 Å². The smallest absolute Gasteiger partial charge is 0.128 e. The van der Waals surface area contributed by atoms with Crippen LogP contribution in [0.1, 0.15) is 63.1 Å². The maximum absolute atomic E-state index is 10.6. The summed E-state index contributed by atoms with van der Waals surface area (Å²) in [5.41, 5.74) is 8.63. The number of phenols is 1. The van der Waals surface area contributed by atoms with E-state index in [-0.39, 0.29) is 17.5 Å². The highest BCUT2D eigenvalue weighted by atomic mass is 35.5. The van der Waals surface area contributed by atoms with Gasteiger partial charge >= 0.3 is 0 Å². The van der Waals surface area contributed by atoms with E-state index in [4.69, 9.17) is 17.3 Å². The number of alkyl halides is 1. The van der Waals surface area contributed by atoms with E-state index in [0.717, 1.165) is 29.5 Å². The Hall–Kier alpha value is -1.06. The van der Waals surface area contributed by atoms with Crippen molar-refractivity contribution in [3.05, 3.63) is 28.8 Å². The molecule has 0 heterocycles. The third kappa shape index (κ3) is 4.02. The lowest BCUT2D eigenvalue weighted by Crippen LogP contribution is -2.36. The molecular formula is C18H27ClN2O. The second-order valence-electron chi connectivity index (χ2n) is 7.26.